The molecule has 0 bridgehead atoms. The quantitative estimate of drug-likeness (QED) is 0.868. The zero-order chi connectivity index (χ0) is 13.5. The van der Waals surface area contributed by atoms with Gasteiger partial charge in [0.2, 0.25) is 5.91 Å². The first-order valence-electron chi connectivity index (χ1n) is 5.28. The van der Waals surface area contributed by atoms with Gasteiger partial charge in [-0.15, -0.1) is 0 Å². The van der Waals surface area contributed by atoms with Crippen LogP contribution in [0.2, 0.25) is 0 Å². The Morgan fingerprint density at radius 2 is 2.17 bits per heavy atom. The number of nitrogens with one attached hydrogen (secondary N) is 1. The fraction of sp³-hybridized carbons (Fsp3) is 0.333. The molecule has 0 aliphatic carbocycles. The Kier molecular flexibility index (Phi) is 5.21. The van der Waals surface area contributed by atoms with Crippen LogP contribution in [0.4, 0.5) is 14.5 Å². The lowest BCUT2D eigenvalue weighted by molar-refractivity contribution is -0.117. The number of carbonyl (C=O) groups is 1. The van der Waals surface area contributed by atoms with E-state index in [1.165, 1.54) is 11.9 Å². The fourth-order valence-electron chi connectivity index (χ4n) is 1.42. The van der Waals surface area contributed by atoms with Gasteiger partial charge in [0, 0.05) is 0 Å². The van der Waals surface area contributed by atoms with Crippen LogP contribution < -0.4 is 5.32 Å². The fourth-order valence-corrected chi connectivity index (χ4v) is 1.42. The number of rotatable bonds is 5. The molecule has 0 atom stereocenters. The number of para-hydroxylation sites is 1. The van der Waals surface area contributed by atoms with Gasteiger partial charge in [-0.25, -0.2) is 8.78 Å². The first-order chi connectivity index (χ1) is 8.52. The van der Waals surface area contributed by atoms with Crippen LogP contribution in [0.25, 0.3) is 0 Å². The largest absolute Gasteiger partial charge is 0.324 e. The molecular formula is C12H13F2N3O. The summed E-state index contributed by atoms with van der Waals surface area (Å²) < 4.78 is 24.1. The van der Waals surface area contributed by atoms with Gasteiger partial charge in [0.05, 0.1) is 24.3 Å². The van der Waals surface area contributed by atoms with Gasteiger partial charge in [-0.2, -0.15) is 5.26 Å². The summed E-state index contributed by atoms with van der Waals surface area (Å²) in [7, 11) is 1.43. The molecule has 0 aliphatic heterocycles. The highest BCUT2D eigenvalue weighted by atomic mass is 19.3. The maximum atomic E-state index is 12.1. The predicted molar refractivity (Wildman–Crippen MR) is 63.3 cm³/mol. The van der Waals surface area contributed by atoms with Gasteiger partial charge in [0.25, 0.3) is 6.43 Å². The molecule has 0 spiro atoms. The van der Waals surface area contributed by atoms with Crippen LogP contribution in [0.1, 0.15) is 5.56 Å². The van der Waals surface area contributed by atoms with E-state index in [1.54, 1.807) is 24.3 Å². The van der Waals surface area contributed by atoms with Crippen molar-refractivity contribution in [2.75, 3.05) is 25.5 Å². The van der Waals surface area contributed by atoms with Crippen molar-refractivity contribution in [2.24, 2.45) is 0 Å². The monoisotopic (exact) mass is 253 g/mol. The summed E-state index contributed by atoms with van der Waals surface area (Å²) in [4.78, 5) is 12.8. The van der Waals surface area contributed by atoms with E-state index < -0.39 is 18.9 Å². The number of hydrogen-bond acceptors (Lipinski definition) is 3. The number of hydrogen-bond donors (Lipinski definition) is 1. The van der Waals surface area contributed by atoms with E-state index in [-0.39, 0.29) is 6.54 Å². The van der Waals surface area contributed by atoms with E-state index in [4.69, 9.17) is 5.26 Å². The third kappa shape index (κ3) is 4.47. The molecule has 1 aromatic rings. The van der Waals surface area contributed by atoms with Gasteiger partial charge < -0.3 is 5.32 Å². The number of likely N-dealkylation sites (N-methyl/N-ethyl adjacent to an activating group) is 1. The van der Waals surface area contributed by atoms with E-state index in [9.17, 15) is 13.6 Å². The summed E-state index contributed by atoms with van der Waals surface area (Å²) in [5, 5.41) is 11.3. The molecule has 1 aromatic carbocycles. The number of alkyl halides is 2. The molecule has 1 rings (SSSR count). The SMILES string of the molecule is CN(CC(=O)Nc1ccccc1C#N)CC(F)F. The van der Waals surface area contributed by atoms with Crippen molar-refractivity contribution < 1.29 is 13.6 Å². The van der Waals surface area contributed by atoms with Crippen molar-refractivity contribution in [1.29, 1.82) is 5.26 Å². The van der Waals surface area contributed by atoms with Crippen molar-refractivity contribution in [2.45, 2.75) is 6.43 Å². The highest BCUT2D eigenvalue weighted by Crippen LogP contribution is 2.13. The van der Waals surface area contributed by atoms with Crippen LogP contribution in [0.3, 0.4) is 0 Å². The van der Waals surface area contributed by atoms with Gasteiger partial charge in [-0.3, -0.25) is 9.69 Å². The minimum absolute atomic E-state index is 0.149. The lowest BCUT2D eigenvalue weighted by atomic mass is 10.2. The van der Waals surface area contributed by atoms with E-state index in [0.29, 0.717) is 11.3 Å². The number of benzene rings is 1. The Bertz CT molecular complexity index is 457. The van der Waals surface area contributed by atoms with Gasteiger partial charge >= 0.3 is 0 Å². The highest BCUT2D eigenvalue weighted by Gasteiger charge is 2.12. The average molecular weight is 253 g/mol. The maximum Gasteiger partial charge on any atom is 0.251 e. The molecule has 0 unspecified atom stereocenters. The molecule has 1 amide bonds. The van der Waals surface area contributed by atoms with Crippen LogP contribution in [-0.2, 0) is 4.79 Å². The second kappa shape index (κ2) is 6.67. The van der Waals surface area contributed by atoms with E-state index >= 15 is 0 Å². The van der Waals surface area contributed by atoms with Gasteiger partial charge in [-0.05, 0) is 19.2 Å². The van der Waals surface area contributed by atoms with Crippen LogP contribution in [-0.4, -0.2) is 37.4 Å². The molecule has 0 aromatic heterocycles. The minimum Gasteiger partial charge on any atom is -0.324 e. The zero-order valence-electron chi connectivity index (χ0n) is 9.86. The molecular weight excluding hydrogens is 240 g/mol. The Balaban J connectivity index is 2.57. The summed E-state index contributed by atoms with van der Waals surface area (Å²) in [6.45, 7) is -0.614. The van der Waals surface area contributed by atoms with Crippen LogP contribution in [0.15, 0.2) is 24.3 Å². The smallest absolute Gasteiger partial charge is 0.251 e. The molecule has 6 heteroatoms. The van der Waals surface area contributed by atoms with Crippen LogP contribution in [0, 0.1) is 11.3 Å². The Morgan fingerprint density at radius 1 is 1.50 bits per heavy atom. The molecule has 0 saturated heterocycles. The first kappa shape index (κ1) is 14.1. The minimum atomic E-state index is -2.48. The number of carbonyl (C=O) groups excluding carboxylic acids is 1. The van der Waals surface area contributed by atoms with Gasteiger partial charge in [-0.1, -0.05) is 12.1 Å². The van der Waals surface area contributed by atoms with Crippen molar-refractivity contribution in [3.8, 4) is 6.07 Å². The van der Waals surface area contributed by atoms with Gasteiger partial charge in [0.1, 0.15) is 6.07 Å². The molecule has 0 aliphatic rings. The lowest BCUT2D eigenvalue weighted by Crippen LogP contribution is -2.33. The molecule has 0 fully saturated rings. The topological polar surface area (TPSA) is 56.1 Å². The molecule has 0 radical (unpaired) electrons. The van der Waals surface area contributed by atoms with E-state index in [0.717, 1.165) is 0 Å². The summed E-state index contributed by atoms with van der Waals surface area (Å²) in [6.07, 6.45) is -2.48. The molecule has 18 heavy (non-hydrogen) atoms. The van der Waals surface area contributed by atoms with Crippen molar-refractivity contribution in [3.05, 3.63) is 29.8 Å². The summed E-state index contributed by atoms with van der Waals surface area (Å²) >= 11 is 0. The number of halogens is 2. The predicted octanol–water partition coefficient (Wildman–Crippen LogP) is 1.69. The van der Waals surface area contributed by atoms with Crippen LogP contribution >= 0.6 is 0 Å². The highest BCUT2D eigenvalue weighted by molar-refractivity contribution is 5.93. The van der Waals surface area contributed by atoms with Gasteiger partial charge in [0.15, 0.2) is 0 Å². The summed E-state index contributed by atoms with van der Waals surface area (Å²) in [6, 6.07) is 8.45. The second-order valence-electron chi connectivity index (χ2n) is 3.79. The van der Waals surface area contributed by atoms with Crippen molar-refractivity contribution in [1.82, 2.24) is 4.90 Å². The zero-order valence-corrected chi connectivity index (χ0v) is 9.86. The standard InChI is InChI=1S/C12H13F2N3O/c1-17(7-11(13)14)8-12(18)16-10-5-3-2-4-9(10)6-15/h2-5,11H,7-8H2,1H3,(H,16,18). The lowest BCUT2D eigenvalue weighted by Gasteiger charge is -2.15. The Labute approximate surface area is 104 Å². The van der Waals surface area contributed by atoms with E-state index in [1.807, 2.05) is 6.07 Å². The normalized spacial score (nSPS) is 10.4. The number of nitriles is 1. The van der Waals surface area contributed by atoms with Crippen molar-refractivity contribution in [3.63, 3.8) is 0 Å². The van der Waals surface area contributed by atoms with Crippen LogP contribution in [0.5, 0.6) is 0 Å². The second-order valence-corrected chi connectivity index (χ2v) is 3.79. The van der Waals surface area contributed by atoms with Crippen molar-refractivity contribution >= 4 is 11.6 Å². The first-order valence-corrected chi connectivity index (χ1v) is 5.28. The number of anilines is 1. The molecule has 4 nitrogen and oxygen atoms in total. The third-order valence-electron chi connectivity index (χ3n) is 2.18. The molecule has 0 saturated carbocycles. The summed E-state index contributed by atoms with van der Waals surface area (Å²) in [5.41, 5.74) is 0.720. The maximum absolute atomic E-state index is 12.1. The third-order valence-corrected chi connectivity index (χ3v) is 2.18. The average Bonchev–Trinajstić information content (AvgIpc) is 2.28. The molecule has 0 heterocycles. The summed E-state index contributed by atoms with van der Waals surface area (Å²) in [5.74, 6) is -0.430. The Hall–Kier alpha value is -2.00. The molecule has 96 valence electrons. The number of amides is 1. The van der Waals surface area contributed by atoms with E-state index in [2.05, 4.69) is 5.32 Å². The molecule has 1 N–H and O–H groups in total. The number of nitrogens with zero attached hydrogens (tertiary/aromatic N) is 2. The Morgan fingerprint density at radius 3 is 2.78 bits per heavy atom.